The fraction of sp³-hybridized carbons (Fsp3) is 0.400. The van der Waals surface area contributed by atoms with Crippen molar-refractivity contribution in [3.8, 4) is 23.0 Å². The lowest BCUT2D eigenvalue weighted by atomic mass is 9.85. The molecule has 0 aliphatic carbocycles. The molecule has 0 spiro atoms. The maximum atomic E-state index is 10.1. The highest BCUT2D eigenvalue weighted by Crippen LogP contribution is 2.51. The summed E-state index contributed by atoms with van der Waals surface area (Å²) in [6.45, 7) is 1.16. The zero-order valence-electron chi connectivity index (χ0n) is 14.7. The molecule has 0 bridgehead atoms. The van der Waals surface area contributed by atoms with Crippen LogP contribution in [0.2, 0.25) is 0 Å². The van der Waals surface area contributed by atoms with Crippen LogP contribution in [0, 0.1) is 11.8 Å². The number of ether oxygens (including phenoxy) is 4. The monoisotopic (exact) mass is 358 g/mol. The van der Waals surface area contributed by atoms with Gasteiger partial charge in [-0.1, -0.05) is 12.1 Å². The van der Waals surface area contributed by atoms with Gasteiger partial charge in [-0.2, -0.15) is 0 Å². The topological polar surface area (TPSA) is 77.4 Å². The van der Waals surface area contributed by atoms with Crippen LogP contribution < -0.4 is 9.47 Å². The maximum absolute atomic E-state index is 10.1. The lowest BCUT2D eigenvalue weighted by molar-refractivity contribution is 0.0191. The van der Waals surface area contributed by atoms with Crippen LogP contribution in [0.5, 0.6) is 23.0 Å². The first-order valence-electron chi connectivity index (χ1n) is 8.59. The van der Waals surface area contributed by atoms with Crippen LogP contribution in [-0.2, 0) is 9.47 Å². The molecule has 2 saturated heterocycles. The van der Waals surface area contributed by atoms with E-state index in [1.165, 1.54) is 14.2 Å². The van der Waals surface area contributed by atoms with Gasteiger partial charge in [0.15, 0.2) is 23.0 Å². The Bertz CT molecular complexity index is 805. The highest BCUT2D eigenvalue weighted by atomic mass is 16.5. The minimum absolute atomic E-state index is 0.105. The first kappa shape index (κ1) is 17.0. The predicted molar refractivity (Wildman–Crippen MR) is 93.7 cm³/mol. The highest BCUT2D eigenvalue weighted by molar-refractivity contribution is 5.44. The van der Waals surface area contributed by atoms with E-state index in [1.54, 1.807) is 18.2 Å². The molecule has 2 heterocycles. The molecule has 2 aromatic carbocycles. The second-order valence-corrected chi connectivity index (χ2v) is 6.70. The Labute approximate surface area is 151 Å². The van der Waals surface area contributed by atoms with Gasteiger partial charge in [0.1, 0.15) is 0 Å². The largest absolute Gasteiger partial charge is 0.504 e. The summed E-state index contributed by atoms with van der Waals surface area (Å²) in [5.41, 5.74) is 1.89. The molecule has 2 aliphatic heterocycles. The summed E-state index contributed by atoms with van der Waals surface area (Å²) in [5.74, 6) is 1.51. The molecule has 0 amide bonds. The summed E-state index contributed by atoms with van der Waals surface area (Å²) in [5, 5.41) is 19.9. The van der Waals surface area contributed by atoms with Crippen LogP contribution >= 0.6 is 0 Å². The van der Waals surface area contributed by atoms with Crippen molar-refractivity contribution in [1.29, 1.82) is 0 Å². The second-order valence-electron chi connectivity index (χ2n) is 6.70. The van der Waals surface area contributed by atoms with E-state index in [9.17, 15) is 10.2 Å². The average Bonchev–Trinajstić information content (AvgIpc) is 3.24. The van der Waals surface area contributed by atoms with Crippen LogP contribution in [0.4, 0.5) is 0 Å². The number of rotatable bonds is 4. The van der Waals surface area contributed by atoms with E-state index in [2.05, 4.69) is 0 Å². The molecule has 4 atom stereocenters. The van der Waals surface area contributed by atoms with Gasteiger partial charge in [-0.15, -0.1) is 0 Å². The number of phenolic OH excluding ortho intramolecular Hbond substituents is 2. The minimum Gasteiger partial charge on any atom is -0.504 e. The van der Waals surface area contributed by atoms with Crippen LogP contribution in [-0.4, -0.2) is 37.6 Å². The number of hydrogen-bond acceptors (Lipinski definition) is 6. The molecule has 2 aliphatic rings. The van der Waals surface area contributed by atoms with Gasteiger partial charge in [-0.3, -0.25) is 0 Å². The summed E-state index contributed by atoms with van der Waals surface area (Å²) >= 11 is 0. The van der Waals surface area contributed by atoms with Gasteiger partial charge in [0.05, 0.1) is 39.6 Å². The van der Waals surface area contributed by atoms with E-state index in [0.717, 1.165) is 11.1 Å². The Hall–Kier alpha value is -2.44. The summed E-state index contributed by atoms with van der Waals surface area (Å²) in [4.78, 5) is 0. The lowest BCUT2D eigenvalue weighted by Gasteiger charge is -2.18. The van der Waals surface area contributed by atoms with Gasteiger partial charge >= 0.3 is 0 Å². The van der Waals surface area contributed by atoms with Gasteiger partial charge in [0.25, 0.3) is 0 Å². The number of fused-ring (bicyclic) bond motifs is 1. The van der Waals surface area contributed by atoms with Crippen molar-refractivity contribution in [3.63, 3.8) is 0 Å². The summed E-state index contributed by atoms with van der Waals surface area (Å²) < 4.78 is 22.4. The van der Waals surface area contributed by atoms with Gasteiger partial charge in [-0.25, -0.2) is 0 Å². The molecule has 0 unspecified atom stereocenters. The fourth-order valence-electron chi connectivity index (χ4n) is 3.99. The Morgan fingerprint density at radius 1 is 0.769 bits per heavy atom. The number of hydrogen-bond donors (Lipinski definition) is 2. The average molecular weight is 358 g/mol. The molecule has 6 heteroatoms. The molecule has 0 aromatic heterocycles. The van der Waals surface area contributed by atoms with Crippen LogP contribution in [0.25, 0.3) is 0 Å². The Kier molecular flexibility index (Phi) is 4.38. The predicted octanol–water partition coefficient (Wildman–Crippen LogP) is 3.19. The van der Waals surface area contributed by atoms with Crippen molar-refractivity contribution < 1.29 is 29.2 Å². The summed E-state index contributed by atoms with van der Waals surface area (Å²) in [7, 11) is 3.06. The highest BCUT2D eigenvalue weighted by Gasteiger charge is 2.48. The molecule has 138 valence electrons. The Balaban J connectivity index is 1.57. The molecule has 2 fully saturated rings. The minimum atomic E-state index is -0.124. The van der Waals surface area contributed by atoms with Gasteiger partial charge < -0.3 is 29.2 Å². The Morgan fingerprint density at radius 3 is 1.92 bits per heavy atom. The molecular formula is C20H22O6. The van der Waals surface area contributed by atoms with Crippen molar-refractivity contribution in [2.45, 2.75) is 12.2 Å². The zero-order chi connectivity index (χ0) is 18.3. The van der Waals surface area contributed by atoms with Gasteiger partial charge in [0.2, 0.25) is 0 Å². The van der Waals surface area contributed by atoms with Crippen LogP contribution in [0.3, 0.4) is 0 Å². The molecule has 2 aromatic rings. The third-order valence-electron chi connectivity index (χ3n) is 5.33. The quantitative estimate of drug-likeness (QED) is 0.874. The number of benzene rings is 2. The number of phenols is 2. The summed E-state index contributed by atoms with van der Waals surface area (Å²) in [6, 6.07) is 10.7. The van der Waals surface area contributed by atoms with E-state index in [4.69, 9.17) is 18.9 Å². The van der Waals surface area contributed by atoms with Crippen molar-refractivity contribution in [2.75, 3.05) is 27.4 Å². The van der Waals surface area contributed by atoms with Gasteiger partial charge in [0, 0.05) is 11.8 Å². The van der Waals surface area contributed by atoms with Crippen molar-refractivity contribution >= 4 is 0 Å². The normalized spacial score (nSPS) is 27.3. The smallest absolute Gasteiger partial charge is 0.160 e. The van der Waals surface area contributed by atoms with E-state index in [0.29, 0.717) is 24.7 Å². The van der Waals surface area contributed by atoms with Gasteiger partial charge in [-0.05, 0) is 35.4 Å². The molecule has 0 radical (unpaired) electrons. The van der Waals surface area contributed by atoms with E-state index < -0.39 is 0 Å². The van der Waals surface area contributed by atoms with Crippen molar-refractivity contribution in [2.24, 2.45) is 11.8 Å². The third-order valence-corrected chi connectivity index (χ3v) is 5.33. The molecule has 26 heavy (non-hydrogen) atoms. The molecular weight excluding hydrogens is 336 g/mol. The van der Waals surface area contributed by atoms with Crippen molar-refractivity contribution in [3.05, 3.63) is 47.5 Å². The number of aromatic hydroxyl groups is 2. The van der Waals surface area contributed by atoms with E-state index in [-0.39, 0.29) is 35.5 Å². The van der Waals surface area contributed by atoms with Crippen molar-refractivity contribution in [1.82, 2.24) is 0 Å². The second kappa shape index (κ2) is 6.70. The van der Waals surface area contributed by atoms with Crippen LogP contribution in [0.15, 0.2) is 36.4 Å². The molecule has 6 nitrogen and oxygen atoms in total. The molecule has 0 saturated carbocycles. The zero-order valence-corrected chi connectivity index (χ0v) is 14.7. The Morgan fingerprint density at radius 2 is 1.35 bits per heavy atom. The summed E-state index contributed by atoms with van der Waals surface area (Å²) in [6.07, 6.45) is -0.229. The standard InChI is InChI=1S/C20H22O6/c1-23-17-6-4-11(7-16(17)22)19-13-9-26-20(14(13)10-25-19)12-3-5-15(21)18(8-12)24-2/h3-8,13-14,19-22H,9-10H2,1-2H3/t13-,14-,19+,20+/m0/s1. The van der Waals surface area contributed by atoms with E-state index in [1.807, 2.05) is 18.2 Å². The molecule has 2 N–H and O–H groups in total. The first-order chi connectivity index (χ1) is 12.6. The SMILES string of the molecule is COc1ccc([C@H]2OC[C@H]3[C@@H]2CO[C@@H]3c2ccc(O)c(OC)c2)cc1O. The molecule has 4 rings (SSSR count). The maximum Gasteiger partial charge on any atom is 0.160 e. The van der Waals surface area contributed by atoms with E-state index >= 15 is 0 Å². The fourth-order valence-corrected chi connectivity index (χ4v) is 3.99. The third kappa shape index (κ3) is 2.75. The first-order valence-corrected chi connectivity index (χ1v) is 8.59. The number of methoxy groups -OCH3 is 2. The lowest BCUT2D eigenvalue weighted by Crippen LogP contribution is -2.14. The van der Waals surface area contributed by atoms with Crippen LogP contribution in [0.1, 0.15) is 23.3 Å².